The monoisotopic (exact) mass is 305 g/mol. The van der Waals surface area contributed by atoms with Crippen LogP contribution < -0.4 is 10.1 Å². The summed E-state index contributed by atoms with van der Waals surface area (Å²) in [5.74, 6) is -1.21. The molecular formula is C15H15NO6. The lowest BCUT2D eigenvalue weighted by Crippen LogP contribution is -2.23. The van der Waals surface area contributed by atoms with Crippen molar-refractivity contribution in [3.8, 4) is 5.75 Å². The molecule has 22 heavy (non-hydrogen) atoms. The number of carbonyl (C=O) groups is 3. The summed E-state index contributed by atoms with van der Waals surface area (Å²) < 4.78 is 10.2. The molecule has 1 aromatic carbocycles. The van der Waals surface area contributed by atoms with Gasteiger partial charge in [0.15, 0.2) is 0 Å². The molecule has 0 fully saturated rings. The van der Waals surface area contributed by atoms with Crippen LogP contribution in [0.15, 0.2) is 29.8 Å². The molecule has 0 aromatic heterocycles. The lowest BCUT2D eigenvalue weighted by Gasteiger charge is -2.09. The highest BCUT2D eigenvalue weighted by molar-refractivity contribution is 6.17. The van der Waals surface area contributed by atoms with Gasteiger partial charge in [0.05, 0.1) is 20.1 Å². The molecule has 1 aliphatic heterocycles. The molecule has 1 aromatic rings. The number of hydrogen-bond acceptors (Lipinski definition) is 6. The highest BCUT2D eigenvalue weighted by atomic mass is 16.5. The molecule has 7 nitrogen and oxygen atoms in total. The molecule has 0 radical (unpaired) electrons. The van der Waals surface area contributed by atoms with Crippen molar-refractivity contribution in [1.82, 2.24) is 5.32 Å². The molecule has 0 spiro atoms. The summed E-state index contributed by atoms with van der Waals surface area (Å²) in [6.45, 7) is -0.149. The first-order valence-electron chi connectivity index (χ1n) is 6.51. The van der Waals surface area contributed by atoms with Crippen molar-refractivity contribution >= 4 is 17.8 Å². The van der Waals surface area contributed by atoms with Crippen LogP contribution in [0, 0.1) is 0 Å². The fourth-order valence-corrected chi connectivity index (χ4v) is 1.96. The number of aliphatic hydroxyl groups is 1. The van der Waals surface area contributed by atoms with E-state index in [4.69, 9.17) is 14.6 Å². The first kappa shape index (κ1) is 15.7. The van der Waals surface area contributed by atoms with E-state index in [-0.39, 0.29) is 25.2 Å². The van der Waals surface area contributed by atoms with Crippen molar-refractivity contribution in [1.29, 1.82) is 0 Å². The van der Waals surface area contributed by atoms with E-state index >= 15 is 0 Å². The Morgan fingerprint density at radius 1 is 1.32 bits per heavy atom. The number of benzene rings is 1. The fraction of sp³-hybridized carbons (Fsp3) is 0.267. The Morgan fingerprint density at radius 2 is 2.09 bits per heavy atom. The summed E-state index contributed by atoms with van der Waals surface area (Å²) in [6, 6.07) is 5.03. The van der Waals surface area contributed by atoms with Gasteiger partial charge in [0, 0.05) is 17.2 Å². The topological polar surface area (TPSA) is 102 Å². The minimum Gasteiger partial charge on any atom is -0.496 e. The maximum absolute atomic E-state index is 11.7. The molecular weight excluding hydrogens is 290 g/mol. The third-order valence-corrected chi connectivity index (χ3v) is 3.09. The number of rotatable bonds is 6. The number of methoxy groups -OCH3 is 1. The van der Waals surface area contributed by atoms with Gasteiger partial charge in [0.1, 0.15) is 12.4 Å². The van der Waals surface area contributed by atoms with E-state index in [1.165, 1.54) is 7.11 Å². The van der Waals surface area contributed by atoms with Crippen molar-refractivity contribution in [3.05, 3.63) is 41.0 Å². The molecule has 1 aliphatic rings. The minimum absolute atomic E-state index is 0.00372. The lowest BCUT2D eigenvalue weighted by molar-refractivity contribution is -0.144. The molecule has 2 N–H and O–H groups in total. The highest BCUT2D eigenvalue weighted by Crippen LogP contribution is 2.21. The second-order valence-corrected chi connectivity index (χ2v) is 4.63. The van der Waals surface area contributed by atoms with Gasteiger partial charge in [0.2, 0.25) is 0 Å². The van der Waals surface area contributed by atoms with Crippen molar-refractivity contribution < 1.29 is 29.0 Å². The average Bonchev–Trinajstić information content (AvgIpc) is 2.82. The van der Waals surface area contributed by atoms with Crippen LogP contribution in [0.5, 0.6) is 5.75 Å². The summed E-state index contributed by atoms with van der Waals surface area (Å²) in [4.78, 5) is 33.9. The summed E-state index contributed by atoms with van der Waals surface area (Å²) in [5.41, 5.74) is 1.40. The van der Waals surface area contributed by atoms with E-state index in [1.807, 2.05) is 0 Å². The van der Waals surface area contributed by atoms with Gasteiger partial charge in [0.25, 0.3) is 11.8 Å². The molecule has 116 valence electrons. The number of amides is 2. The Kier molecular flexibility index (Phi) is 4.90. The Bertz CT molecular complexity index is 649. The summed E-state index contributed by atoms with van der Waals surface area (Å²) in [7, 11) is 1.48. The third-order valence-electron chi connectivity index (χ3n) is 3.09. The number of carbonyl (C=O) groups excluding carboxylic acids is 3. The average molecular weight is 305 g/mol. The predicted molar refractivity (Wildman–Crippen MR) is 74.6 cm³/mol. The Balaban J connectivity index is 1.93. The van der Waals surface area contributed by atoms with Crippen LogP contribution >= 0.6 is 0 Å². The predicted octanol–water partition coefficient (Wildman–Crippen LogP) is 0.204. The zero-order valence-electron chi connectivity index (χ0n) is 11.9. The largest absolute Gasteiger partial charge is 0.496 e. The molecule has 2 rings (SSSR count). The van der Waals surface area contributed by atoms with E-state index in [0.717, 1.165) is 6.08 Å². The molecule has 1 heterocycles. The normalized spacial score (nSPS) is 13.6. The Hall–Kier alpha value is -2.67. The summed E-state index contributed by atoms with van der Waals surface area (Å²) in [6.07, 6.45) is 0.825. The molecule has 0 saturated carbocycles. The summed E-state index contributed by atoms with van der Waals surface area (Å²) >= 11 is 0. The second kappa shape index (κ2) is 6.86. The van der Waals surface area contributed by atoms with Gasteiger partial charge >= 0.3 is 5.97 Å². The van der Waals surface area contributed by atoms with E-state index in [1.54, 1.807) is 18.2 Å². The van der Waals surface area contributed by atoms with Gasteiger partial charge in [-0.15, -0.1) is 0 Å². The van der Waals surface area contributed by atoms with Gasteiger partial charge in [-0.2, -0.15) is 0 Å². The molecule has 7 heteroatoms. The van der Waals surface area contributed by atoms with Gasteiger partial charge in [-0.05, 0) is 11.6 Å². The molecule has 0 unspecified atom stereocenters. The number of nitrogens with one attached hydrogen (secondary N) is 1. The van der Waals surface area contributed by atoms with Crippen molar-refractivity contribution in [3.63, 3.8) is 0 Å². The summed E-state index contributed by atoms with van der Waals surface area (Å²) in [5, 5.41) is 11.2. The van der Waals surface area contributed by atoms with Crippen molar-refractivity contribution in [2.45, 2.75) is 19.6 Å². The second-order valence-electron chi connectivity index (χ2n) is 4.63. The van der Waals surface area contributed by atoms with Gasteiger partial charge in [-0.3, -0.25) is 19.7 Å². The maximum atomic E-state index is 11.7. The zero-order chi connectivity index (χ0) is 16.1. The van der Waals surface area contributed by atoms with Crippen molar-refractivity contribution in [2.24, 2.45) is 0 Å². The number of esters is 1. The number of hydrogen-bond donors (Lipinski definition) is 2. The quantitative estimate of drug-likeness (QED) is 0.575. The highest BCUT2D eigenvalue weighted by Gasteiger charge is 2.23. The van der Waals surface area contributed by atoms with Crippen LogP contribution in [0.1, 0.15) is 17.5 Å². The van der Waals surface area contributed by atoms with E-state index < -0.39 is 17.8 Å². The standard InChI is InChI=1S/C15H15NO6/c1-21-12-4-9(2-3-10(12)7-17)8-22-14(19)6-11-5-13(18)16-15(11)20/h2-5,17H,6-8H2,1H3,(H,16,18,20). The molecule has 0 bridgehead atoms. The number of ether oxygens (including phenoxy) is 2. The first-order valence-corrected chi connectivity index (χ1v) is 6.51. The maximum Gasteiger partial charge on any atom is 0.310 e. The van der Waals surface area contributed by atoms with Crippen molar-refractivity contribution in [2.75, 3.05) is 7.11 Å². The lowest BCUT2D eigenvalue weighted by atomic mass is 10.1. The third kappa shape index (κ3) is 3.70. The number of aliphatic hydroxyl groups excluding tert-OH is 1. The smallest absolute Gasteiger partial charge is 0.310 e. The minimum atomic E-state index is -0.610. The molecule has 2 amide bonds. The zero-order valence-corrected chi connectivity index (χ0v) is 11.9. The van der Waals surface area contributed by atoms with Crippen LogP contribution in [0.25, 0.3) is 0 Å². The van der Waals surface area contributed by atoms with E-state index in [2.05, 4.69) is 5.32 Å². The van der Waals surface area contributed by atoms with Crippen LogP contribution in [0.3, 0.4) is 0 Å². The molecule has 0 aliphatic carbocycles. The van der Waals surface area contributed by atoms with Gasteiger partial charge < -0.3 is 14.6 Å². The van der Waals surface area contributed by atoms with E-state index in [9.17, 15) is 14.4 Å². The fourth-order valence-electron chi connectivity index (χ4n) is 1.96. The SMILES string of the molecule is COc1cc(COC(=O)CC2=CC(=O)NC2=O)ccc1CO. The van der Waals surface area contributed by atoms with Gasteiger partial charge in [-0.25, -0.2) is 0 Å². The molecule has 0 saturated heterocycles. The Morgan fingerprint density at radius 3 is 2.68 bits per heavy atom. The van der Waals surface area contributed by atoms with Crippen LogP contribution in [0.2, 0.25) is 0 Å². The Labute approximate surface area is 126 Å². The van der Waals surface area contributed by atoms with E-state index in [0.29, 0.717) is 16.9 Å². The van der Waals surface area contributed by atoms with Crippen LogP contribution in [-0.2, 0) is 32.3 Å². The van der Waals surface area contributed by atoms with Gasteiger partial charge in [-0.1, -0.05) is 12.1 Å². The van der Waals surface area contributed by atoms with Crippen LogP contribution in [0.4, 0.5) is 0 Å². The molecule has 0 atom stereocenters. The first-order chi connectivity index (χ1) is 10.5. The van der Waals surface area contributed by atoms with Crippen LogP contribution in [-0.4, -0.2) is 30.0 Å². The number of imide groups is 1.